The highest BCUT2D eigenvalue weighted by atomic mass is 32.2. The maximum atomic E-state index is 11.5. The molecule has 108 valence electrons. The van der Waals surface area contributed by atoms with Crippen LogP contribution in [0.15, 0.2) is 0 Å². The largest absolute Gasteiger partial charge is 0.384 e. The van der Waals surface area contributed by atoms with E-state index in [9.17, 15) is 4.79 Å². The van der Waals surface area contributed by atoms with Gasteiger partial charge in [0.25, 0.3) is 0 Å². The smallest absolute Gasteiger partial charge is 0.237 e. The van der Waals surface area contributed by atoms with Crippen LogP contribution in [0.3, 0.4) is 0 Å². The minimum atomic E-state index is -0.548. The second-order valence-corrected chi connectivity index (χ2v) is 5.91. The number of nitrogens with two attached hydrogens (primary N) is 1. The van der Waals surface area contributed by atoms with E-state index in [0.29, 0.717) is 0 Å². The van der Waals surface area contributed by atoms with Crippen LogP contribution in [0.2, 0.25) is 0 Å². The number of carbonyl (C=O) groups excluding carboxylic acids is 1. The molecule has 0 aliphatic heterocycles. The zero-order chi connectivity index (χ0) is 13.9. The average Bonchev–Trinajstić information content (AvgIpc) is 2.35. The minimum Gasteiger partial charge on any atom is -0.384 e. The normalized spacial score (nSPS) is 14.4. The number of unbranched alkanes of at least 4 members (excludes halogenated alkanes) is 1. The zero-order valence-electron chi connectivity index (χ0n) is 12.0. The van der Waals surface area contributed by atoms with Crippen LogP contribution in [0.25, 0.3) is 0 Å². The molecule has 4 nitrogen and oxygen atoms in total. The summed E-state index contributed by atoms with van der Waals surface area (Å²) < 4.78 is 4.99. The maximum Gasteiger partial charge on any atom is 0.237 e. The standard InChI is InChI=1S/C13H28N2O2S/c1-4-8-15-13(2,12(14)16)7-5-6-10-18-11-9-17-3/h15H,4-11H2,1-3H3,(H2,14,16). The van der Waals surface area contributed by atoms with Crippen LogP contribution in [-0.4, -0.2) is 43.2 Å². The number of carbonyl (C=O) groups is 1. The van der Waals surface area contributed by atoms with E-state index in [1.54, 1.807) is 7.11 Å². The van der Waals surface area contributed by atoms with Gasteiger partial charge in [-0.2, -0.15) is 11.8 Å². The third-order valence-electron chi connectivity index (χ3n) is 2.96. The number of thioether (sulfide) groups is 1. The molecule has 0 aromatic carbocycles. The second kappa shape index (κ2) is 10.6. The quantitative estimate of drug-likeness (QED) is 0.533. The van der Waals surface area contributed by atoms with Gasteiger partial charge in [-0.1, -0.05) is 13.3 Å². The Kier molecular flexibility index (Phi) is 10.5. The Morgan fingerprint density at radius 3 is 2.67 bits per heavy atom. The lowest BCUT2D eigenvalue weighted by Gasteiger charge is -2.27. The fourth-order valence-corrected chi connectivity index (χ4v) is 2.52. The predicted molar refractivity (Wildman–Crippen MR) is 78.9 cm³/mol. The lowest BCUT2D eigenvalue weighted by molar-refractivity contribution is -0.124. The molecule has 0 aliphatic rings. The Labute approximate surface area is 115 Å². The number of rotatable bonds is 12. The van der Waals surface area contributed by atoms with Gasteiger partial charge in [-0.15, -0.1) is 0 Å². The molecule has 1 atom stereocenters. The Morgan fingerprint density at radius 1 is 1.39 bits per heavy atom. The van der Waals surface area contributed by atoms with Gasteiger partial charge in [-0.25, -0.2) is 0 Å². The molecule has 18 heavy (non-hydrogen) atoms. The van der Waals surface area contributed by atoms with Crippen LogP contribution in [-0.2, 0) is 9.53 Å². The van der Waals surface area contributed by atoms with Gasteiger partial charge in [-0.05, 0) is 38.5 Å². The van der Waals surface area contributed by atoms with E-state index < -0.39 is 5.54 Å². The van der Waals surface area contributed by atoms with Crippen LogP contribution in [0.4, 0.5) is 0 Å². The summed E-state index contributed by atoms with van der Waals surface area (Å²) >= 11 is 1.89. The van der Waals surface area contributed by atoms with Gasteiger partial charge in [0.1, 0.15) is 0 Å². The molecule has 0 heterocycles. The van der Waals surface area contributed by atoms with Crippen LogP contribution >= 0.6 is 11.8 Å². The summed E-state index contributed by atoms with van der Waals surface area (Å²) in [7, 11) is 1.72. The first kappa shape index (κ1) is 17.7. The van der Waals surface area contributed by atoms with Crippen molar-refractivity contribution in [2.45, 2.75) is 45.1 Å². The predicted octanol–water partition coefficient (Wildman–Crippen LogP) is 1.78. The number of hydrogen-bond acceptors (Lipinski definition) is 4. The average molecular weight is 276 g/mol. The lowest BCUT2D eigenvalue weighted by atomic mass is 9.94. The van der Waals surface area contributed by atoms with Gasteiger partial charge >= 0.3 is 0 Å². The van der Waals surface area contributed by atoms with Gasteiger partial charge in [0, 0.05) is 12.9 Å². The first-order valence-electron chi connectivity index (χ1n) is 6.68. The van der Waals surface area contributed by atoms with Crippen molar-refractivity contribution in [1.29, 1.82) is 0 Å². The lowest BCUT2D eigenvalue weighted by Crippen LogP contribution is -2.53. The van der Waals surface area contributed by atoms with E-state index in [4.69, 9.17) is 10.5 Å². The minimum absolute atomic E-state index is 0.247. The van der Waals surface area contributed by atoms with Crippen molar-refractivity contribution >= 4 is 17.7 Å². The summed E-state index contributed by atoms with van der Waals surface area (Å²) in [4.78, 5) is 11.5. The van der Waals surface area contributed by atoms with E-state index in [2.05, 4.69) is 12.2 Å². The summed E-state index contributed by atoms with van der Waals surface area (Å²) in [6.45, 7) is 5.63. The topological polar surface area (TPSA) is 64.3 Å². The van der Waals surface area contributed by atoms with Gasteiger partial charge in [0.15, 0.2) is 0 Å². The van der Waals surface area contributed by atoms with Gasteiger partial charge in [0.2, 0.25) is 5.91 Å². The molecule has 0 bridgehead atoms. The number of methoxy groups -OCH3 is 1. The van der Waals surface area contributed by atoms with Crippen molar-refractivity contribution in [2.24, 2.45) is 5.73 Å². The molecule has 0 aromatic heterocycles. The molecule has 1 unspecified atom stereocenters. The van der Waals surface area contributed by atoms with Gasteiger partial charge < -0.3 is 15.8 Å². The van der Waals surface area contributed by atoms with E-state index >= 15 is 0 Å². The number of primary amides is 1. The molecule has 0 saturated heterocycles. The first-order valence-corrected chi connectivity index (χ1v) is 7.84. The van der Waals surface area contributed by atoms with Crippen molar-refractivity contribution in [1.82, 2.24) is 5.32 Å². The van der Waals surface area contributed by atoms with Gasteiger partial charge in [-0.3, -0.25) is 4.79 Å². The third kappa shape index (κ3) is 7.95. The van der Waals surface area contributed by atoms with E-state index in [-0.39, 0.29) is 5.91 Å². The highest BCUT2D eigenvalue weighted by Gasteiger charge is 2.29. The highest BCUT2D eigenvalue weighted by molar-refractivity contribution is 7.99. The zero-order valence-corrected chi connectivity index (χ0v) is 12.8. The molecule has 0 aromatic rings. The molecule has 0 rings (SSSR count). The number of amides is 1. The Balaban J connectivity index is 3.73. The maximum absolute atomic E-state index is 11.5. The number of hydrogen-bond donors (Lipinski definition) is 2. The SMILES string of the molecule is CCCNC(C)(CCCCSCCOC)C(N)=O. The Bertz CT molecular complexity index is 227. The van der Waals surface area contributed by atoms with Crippen molar-refractivity contribution in [3.8, 4) is 0 Å². The van der Waals surface area contributed by atoms with Crippen molar-refractivity contribution in [3.63, 3.8) is 0 Å². The summed E-state index contributed by atoms with van der Waals surface area (Å²) in [5, 5.41) is 3.26. The molecule has 0 spiro atoms. The summed E-state index contributed by atoms with van der Waals surface area (Å²) in [5.41, 5.74) is 4.92. The molecule has 3 N–H and O–H groups in total. The summed E-state index contributed by atoms with van der Waals surface area (Å²) in [5.74, 6) is 1.91. The number of ether oxygens (including phenoxy) is 1. The van der Waals surface area contributed by atoms with E-state index in [0.717, 1.165) is 50.3 Å². The molecule has 0 fully saturated rings. The van der Waals surface area contributed by atoms with Crippen LogP contribution in [0, 0.1) is 0 Å². The molecule has 0 saturated carbocycles. The fraction of sp³-hybridized carbons (Fsp3) is 0.923. The molecular weight excluding hydrogens is 248 g/mol. The Hall–Kier alpha value is -0.260. The van der Waals surface area contributed by atoms with Crippen LogP contribution in [0.1, 0.15) is 39.5 Å². The molecular formula is C13H28N2O2S. The molecule has 5 heteroatoms. The first-order chi connectivity index (χ1) is 8.56. The van der Waals surface area contributed by atoms with Crippen molar-refractivity contribution < 1.29 is 9.53 Å². The third-order valence-corrected chi connectivity index (χ3v) is 3.99. The second-order valence-electron chi connectivity index (χ2n) is 4.69. The summed E-state index contributed by atoms with van der Waals surface area (Å²) in [6, 6.07) is 0. The van der Waals surface area contributed by atoms with E-state index in [1.807, 2.05) is 18.7 Å². The van der Waals surface area contributed by atoms with E-state index in [1.165, 1.54) is 0 Å². The van der Waals surface area contributed by atoms with Crippen molar-refractivity contribution in [3.05, 3.63) is 0 Å². The monoisotopic (exact) mass is 276 g/mol. The van der Waals surface area contributed by atoms with Crippen LogP contribution < -0.4 is 11.1 Å². The molecule has 0 aliphatic carbocycles. The Morgan fingerprint density at radius 2 is 2.11 bits per heavy atom. The fourth-order valence-electron chi connectivity index (χ4n) is 1.63. The number of nitrogens with one attached hydrogen (secondary N) is 1. The highest BCUT2D eigenvalue weighted by Crippen LogP contribution is 2.15. The van der Waals surface area contributed by atoms with Crippen LogP contribution in [0.5, 0.6) is 0 Å². The molecule has 0 radical (unpaired) electrons. The summed E-state index contributed by atoms with van der Waals surface area (Å²) in [6.07, 6.45) is 3.96. The van der Waals surface area contributed by atoms with Gasteiger partial charge in [0.05, 0.1) is 12.1 Å². The van der Waals surface area contributed by atoms with Crippen molar-refractivity contribution in [2.75, 3.05) is 31.8 Å². The molecule has 1 amide bonds.